The Morgan fingerprint density at radius 2 is 1.75 bits per heavy atom. The van der Waals surface area contributed by atoms with Crippen LogP contribution in [0.3, 0.4) is 0 Å². The molecule has 2 aliphatic carbocycles. The van der Waals surface area contributed by atoms with Crippen LogP contribution < -0.4 is 5.32 Å². The molecule has 2 saturated carbocycles. The summed E-state index contributed by atoms with van der Waals surface area (Å²) in [4.78, 5) is 51.5. The van der Waals surface area contributed by atoms with Gasteiger partial charge in [-0.1, -0.05) is 43.5 Å². The predicted octanol–water partition coefficient (Wildman–Crippen LogP) is 4.06. The number of hydrogen-bond acceptors (Lipinski definition) is 5. The topological polar surface area (TPSA) is 92.8 Å². The van der Waals surface area contributed by atoms with E-state index in [1.165, 1.54) is 4.90 Å². The number of carbonyl (C=O) groups excluding carboxylic acids is 4. The summed E-state index contributed by atoms with van der Waals surface area (Å²) in [5.74, 6) is -1.94. The van der Waals surface area contributed by atoms with Crippen LogP contribution in [0.4, 0.5) is 5.69 Å². The first-order chi connectivity index (χ1) is 15.1. The third-order valence-electron chi connectivity index (χ3n) is 6.52. The Balaban J connectivity index is 1.27. The summed E-state index contributed by atoms with van der Waals surface area (Å²) in [6.45, 7) is 1.30. The lowest BCUT2D eigenvalue weighted by atomic mass is 9.81. The van der Waals surface area contributed by atoms with E-state index in [1.807, 2.05) is 6.92 Å². The maximum Gasteiger partial charge on any atom is 0.308 e. The van der Waals surface area contributed by atoms with Crippen LogP contribution in [0.2, 0.25) is 5.02 Å². The number of anilines is 1. The molecule has 11 heteroatoms. The third-order valence-corrected chi connectivity index (χ3v) is 10.9. The van der Waals surface area contributed by atoms with E-state index in [0.29, 0.717) is 15.2 Å². The summed E-state index contributed by atoms with van der Waals surface area (Å²) < 4.78 is 5.74. The minimum Gasteiger partial charge on any atom is -0.456 e. The first-order valence-electron chi connectivity index (χ1n) is 10.1. The first kappa shape index (κ1) is 24.2. The van der Waals surface area contributed by atoms with Crippen molar-refractivity contribution >= 4 is 88.8 Å². The van der Waals surface area contributed by atoms with Crippen molar-refractivity contribution in [2.75, 3.05) is 18.5 Å². The lowest BCUT2D eigenvalue weighted by molar-refractivity contribution is -0.149. The Labute approximate surface area is 215 Å². The van der Waals surface area contributed by atoms with E-state index >= 15 is 0 Å². The Hall–Kier alpha value is -0.970. The van der Waals surface area contributed by atoms with Gasteiger partial charge in [-0.25, -0.2) is 0 Å². The molecule has 2 bridgehead atoms. The number of nitrogens with zero attached hydrogens (tertiary/aromatic N) is 1. The number of carbonyl (C=O) groups is 4. The number of esters is 1. The molecule has 1 aromatic carbocycles. The maximum absolute atomic E-state index is 12.8. The molecule has 3 amide bonds. The van der Waals surface area contributed by atoms with Gasteiger partial charge < -0.3 is 10.1 Å². The molecule has 3 aliphatic rings. The number of alkyl halides is 2. The van der Waals surface area contributed by atoms with Crippen LogP contribution in [0.15, 0.2) is 16.6 Å². The van der Waals surface area contributed by atoms with Crippen LogP contribution in [0.5, 0.6) is 0 Å². The van der Waals surface area contributed by atoms with Crippen LogP contribution >= 0.6 is 59.4 Å². The van der Waals surface area contributed by atoms with E-state index in [2.05, 4.69) is 53.1 Å². The monoisotopic (exact) mass is 652 g/mol. The quantitative estimate of drug-likeness (QED) is 0.284. The molecule has 7 nitrogen and oxygen atoms in total. The minimum absolute atomic E-state index is 0.0358. The Morgan fingerprint density at radius 3 is 2.34 bits per heavy atom. The van der Waals surface area contributed by atoms with E-state index in [9.17, 15) is 19.2 Å². The van der Waals surface area contributed by atoms with Gasteiger partial charge in [-0.2, -0.15) is 0 Å². The van der Waals surface area contributed by atoms with Crippen molar-refractivity contribution in [1.29, 1.82) is 0 Å². The van der Waals surface area contributed by atoms with Gasteiger partial charge in [-0.05, 0) is 58.8 Å². The minimum atomic E-state index is -0.650. The fourth-order valence-corrected chi connectivity index (χ4v) is 7.51. The third kappa shape index (κ3) is 4.28. The van der Waals surface area contributed by atoms with Crippen molar-refractivity contribution in [1.82, 2.24) is 4.90 Å². The van der Waals surface area contributed by atoms with E-state index in [1.54, 1.807) is 12.1 Å². The van der Waals surface area contributed by atoms with Gasteiger partial charge in [0.2, 0.25) is 11.8 Å². The van der Waals surface area contributed by atoms with Crippen LogP contribution in [-0.4, -0.2) is 51.4 Å². The van der Waals surface area contributed by atoms with E-state index < -0.39 is 18.5 Å². The summed E-state index contributed by atoms with van der Waals surface area (Å²) in [6.07, 6.45) is 0.699. The number of benzene rings is 1. The fourth-order valence-electron chi connectivity index (χ4n) is 5.02. The summed E-state index contributed by atoms with van der Waals surface area (Å²) in [5.41, 5.74) is 1.31. The zero-order valence-corrected chi connectivity index (χ0v) is 22.5. The smallest absolute Gasteiger partial charge is 0.308 e. The number of likely N-dealkylation sites (tertiary alicyclic amines) is 1. The second kappa shape index (κ2) is 9.35. The van der Waals surface area contributed by atoms with Gasteiger partial charge >= 0.3 is 5.97 Å². The molecule has 0 aromatic heterocycles. The molecular formula is C21H20Br3ClN2O5. The number of rotatable bonds is 6. The van der Waals surface area contributed by atoms with Crippen molar-refractivity contribution in [2.45, 2.75) is 29.4 Å². The van der Waals surface area contributed by atoms with Gasteiger partial charge in [0.1, 0.15) is 0 Å². The number of amides is 3. The van der Waals surface area contributed by atoms with Crippen molar-refractivity contribution < 1.29 is 23.9 Å². The summed E-state index contributed by atoms with van der Waals surface area (Å²) in [7, 11) is 0. The largest absolute Gasteiger partial charge is 0.456 e. The molecule has 0 unspecified atom stereocenters. The maximum atomic E-state index is 12.8. The normalized spacial score (nSPS) is 30.6. The zero-order chi connectivity index (χ0) is 23.3. The number of nitrogens with one attached hydrogen (secondary N) is 1. The molecule has 3 fully saturated rings. The molecule has 1 N–H and O–H groups in total. The highest BCUT2D eigenvalue weighted by Gasteiger charge is 2.66. The lowest BCUT2D eigenvalue weighted by Crippen LogP contribution is -2.37. The molecule has 1 aliphatic heterocycles. The highest BCUT2D eigenvalue weighted by Crippen LogP contribution is 2.60. The van der Waals surface area contributed by atoms with E-state index in [0.717, 1.165) is 12.0 Å². The summed E-state index contributed by atoms with van der Waals surface area (Å²) >= 11 is 16.7. The molecular weight excluding hydrogens is 635 g/mol. The highest BCUT2D eigenvalue weighted by molar-refractivity contribution is 9.12. The van der Waals surface area contributed by atoms with Crippen molar-refractivity contribution in [3.05, 3.63) is 27.2 Å². The molecule has 0 radical (unpaired) electrons. The lowest BCUT2D eigenvalue weighted by Gasteiger charge is -2.28. The summed E-state index contributed by atoms with van der Waals surface area (Å²) in [5, 5.41) is 3.09. The molecule has 1 aromatic rings. The van der Waals surface area contributed by atoms with Crippen LogP contribution in [-0.2, 0) is 23.9 Å². The number of ether oxygens (including phenoxy) is 1. The Bertz CT molecular complexity index is 974. The number of fused-ring (bicyclic) bond motifs is 5. The zero-order valence-electron chi connectivity index (χ0n) is 16.9. The van der Waals surface area contributed by atoms with Gasteiger partial charge in [0.15, 0.2) is 6.61 Å². The van der Waals surface area contributed by atoms with Crippen LogP contribution in [0.25, 0.3) is 0 Å². The molecule has 0 spiro atoms. The molecule has 172 valence electrons. The number of aryl methyl sites for hydroxylation is 1. The van der Waals surface area contributed by atoms with Crippen molar-refractivity contribution in [3.8, 4) is 0 Å². The Morgan fingerprint density at radius 1 is 1.16 bits per heavy atom. The van der Waals surface area contributed by atoms with Gasteiger partial charge in [-0.15, -0.1) is 0 Å². The van der Waals surface area contributed by atoms with Crippen molar-refractivity contribution in [3.63, 3.8) is 0 Å². The number of hydrogen-bond donors (Lipinski definition) is 1. The molecule has 6 atom stereocenters. The van der Waals surface area contributed by atoms with E-state index in [4.69, 9.17) is 16.3 Å². The SMILES string of the molecule is Cc1cc(Br)c(Cl)cc1NC(=O)COC(=O)CCN1C(=O)[C@@H]2[C@H]3C[C@@H]([C@H](Br)[C@H]3Br)[C@@H]2C1=O. The Kier molecular flexibility index (Phi) is 7.06. The summed E-state index contributed by atoms with van der Waals surface area (Å²) in [6, 6.07) is 3.37. The van der Waals surface area contributed by atoms with Gasteiger partial charge in [-0.3, -0.25) is 24.1 Å². The highest BCUT2D eigenvalue weighted by atomic mass is 79.9. The van der Waals surface area contributed by atoms with Gasteiger partial charge in [0.25, 0.3) is 5.91 Å². The average Bonchev–Trinajstić information content (AvgIpc) is 3.34. The van der Waals surface area contributed by atoms with Crippen LogP contribution in [0.1, 0.15) is 18.4 Å². The molecule has 32 heavy (non-hydrogen) atoms. The number of imide groups is 1. The second-order valence-electron chi connectivity index (χ2n) is 8.37. The van der Waals surface area contributed by atoms with Gasteiger partial charge in [0, 0.05) is 26.4 Å². The fraction of sp³-hybridized carbons (Fsp3) is 0.524. The van der Waals surface area contributed by atoms with E-state index in [-0.39, 0.29) is 58.1 Å². The molecule has 1 heterocycles. The molecule has 4 rings (SSSR count). The second-order valence-corrected chi connectivity index (χ2v) is 11.7. The average molecular weight is 656 g/mol. The first-order valence-corrected chi connectivity index (χ1v) is 13.1. The van der Waals surface area contributed by atoms with Crippen molar-refractivity contribution in [2.24, 2.45) is 23.7 Å². The van der Waals surface area contributed by atoms with Gasteiger partial charge in [0.05, 0.1) is 23.3 Å². The number of halogens is 4. The standard InChI is InChI=1S/C21H20Br3ClN2O5/c1-8-4-11(22)12(25)6-13(8)26-14(28)7-32-15(29)2-3-27-20(30)16-9-5-10(17(16)21(27)31)19(24)18(9)23/h4,6,9-10,16-19H,2-3,5,7H2,1H3,(H,26,28)/t9-,10-,16-,17+,18+,19+/m1/s1. The molecule has 1 saturated heterocycles. The predicted molar refractivity (Wildman–Crippen MR) is 129 cm³/mol. The van der Waals surface area contributed by atoms with Crippen LogP contribution in [0, 0.1) is 30.6 Å².